The predicted octanol–water partition coefficient (Wildman–Crippen LogP) is 6.01. The normalized spacial score (nSPS) is 14.1. The zero-order chi connectivity index (χ0) is 24.6. The zero-order valence-electron chi connectivity index (χ0n) is 20.5. The van der Waals surface area contributed by atoms with Crippen molar-refractivity contribution in [1.29, 1.82) is 0 Å². The summed E-state index contributed by atoms with van der Waals surface area (Å²) >= 11 is 0. The Kier molecular flexibility index (Phi) is 6.05. The Morgan fingerprint density at radius 3 is 2.00 bits per heavy atom. The minimum atomic E-state index is -0.396. The number of imide groups is 1. The lowest BCUT2D eigenvalue weighted by molar-refractivity contribution is -0.120. The van der Waals surface area contributed by atoms with E-state index in [9.17, 15) is 9.59 Å². The van der Waals surface area contributed by atoms with E-state index in [2.05, 4.69) is 26.1 Å². The van der Waals surface area contributed by atoms with Gasteiger partial charge in [0.1, 0.15) is 11.4 Å². The van der Waals surface area contributed by atoms with Gasteiger partial charge in [-0.2, -0.15) is 0 Å². The number of rotatable bonds is 5. The number of hydrogen-bond acceptors (Lipinski definition) is 4. The molecule has 1 aliphatic rings. The zero-order valence-corrected chi connectivity index (χ0v) is 20.5. The number of methoxy groups -OCH3 is 1. The van der Waals surface area contributed by atoms with Crippen molar-refractivity contribution >= 4 is 28.8 Å². The highest BCUT2D eigenvalue weighted by Gasteiger charge is 2.40. The average molecular weight is 455 g/mol. The lowest BCUT2D eigenvalue weighted by Gasteiger charge is -2.21. The molecule has 0 aromatic heterocycles. The van der Waals surface area contributed by atoms with Gasteiger partial charge in [-0.25, -0.2) is 4.90 Å². The summed E-state index contributed by atoms with van der Waals surface area (Å²) in [6.07, 6.45) is 0. The number of benzene rings is 3. The van der Waals surface area contributed by atoms with Gasteiger partial charge >= 0.3 is 0 Å². The quantitative estimate of drug-likeness (QED) is 0.480. The second-order valence-corrected chi connectivity index (χ2v) is 9.69. The maximum absolute atomic E-state index is 13.7. The number of nitrogens with one attached hydrogen (secondary N) is 1. The summed E-state index contributed by atoms with van der Waals surface area (Å²) in [6.45, 7) is 10.3. The number of nitrogens with zero attached hydrogens (tertiary/aromatic N) is 1. The topological polar surface area (TPSA) is 58.6 Å². The minimum absolute atomic E-state index is 0.0305. The van der Waals surface area contributed by atoms with E-state index in [0.717, 1.165) is 16.7 Å². The molecule has 3 aromatic rings. The molecule has 0 spiro atoms. The molecule has 174 valence electrons. The largest absolute Gasteiger partial charge is 0.495 e. The summed E-state index contributed by atoms with van der Waals surface area (Å²) in [6, 6.07) is 20.9. The highest BCUT2D eigenvalue weighted by atomic mass is 16.5. The van der Waals surface area contributed by atoms with Crippen molar-refractivity contribution in [3.63, 3.8) is 0 Å². The van der Waals surface area contributed by atoms with E-state index in [0.29, 0.717) is 28.3 Å². The van der Waals surface area contributed by atoms with Crippen LogP contribution in [0.15, 0.2) is 72.4 Å². The molecule has 1 N–H and O–H groups in total. The summed E-state index contributed by atoms with van der Waals surface area (Å²) in [5.41, 5.74) is 5.62. The van der Waals surface area contributed by atoms with Crippen molar-refractivity contribution in [2.75, 3.05) is 17.3 Å². The van der Waals surface area contributed by atoms with Crippen molar-refractivity contribution in [2.45, 2.75) is 40.0 Å². The van der Waals surface area contributed by atoms with E-state index >= 15 is 0 Å². The first kappa shape index (κ1) is 23.3. The molecule has 3 aromatic carbocycles. The monoisotopic (exact) mass is 454 g/mol. The molecule has 5 nitrogen and oxygen atoms in total. The van der Waals surface area contributed by atoms with E-state index in [1.165, 1.54) is 4.90 Å². The first-order valence-electron chi connectivity index (χ1n) is 11.3. The Morgan fingerprint density at radius 2 is 1.41 bits per heavy atom. The van der Waals surface area contributed by atoms with E-state index in [1.54, 1.807) is 7.11 Å². The van der Waals surface area contributed by atoms with Crippen LogP contribution in [0.3, 0.4) is 0 Å². The van der Waals surface area contributed by atoms with Crippen molar-refractivity contribution in [3.8, 4) is 5.75 Å². The van der Waals surface area contributed by atoms with Gasteiger partial charge in [-0.1, -0.05) is 68.8 Å². The second-order valence-electron chi connectivity index (χ2n) is 9.69. The number of carbonyl (C=O) groups excluding carboxylic acids is 2. The fourth-order valence-corrected chi connectivity index (χ4v) is 4.03. The standard InChI is InChI=1S/C29H30N2O3/c1-18-7-10-20(11-8-18)25-26(30-23-17-19(2)9-16-24(23)34-6)28(33)31(27(25)32)22-14-12-21(13-15-22)29(3,4)5/h7-17,30H,1-6H3. The van der Waals surface area contributed by atoms with Crippen molar-refractivity contribution in [3.05, 3.63) is 94.7 Å². The van der Waals surface area contributed by atoms with Crippen molar-refractivity contribution < 1.29 is 14.3 Å². The Hall–Kier alpha value is -3.86. The maximum Gasteiger partial charge on any atom is 0.282 e. The van der Waals surface area contributed by atoms with E-state index < -0.39 is 5.91 Å². The Balaban J connectivity index is 1.81. The third kappa shape index (κ3) is 4.34. The number of aryl methyl sites for hydroxylation is 2. The highest BCUT2D eigenvalue weighted by molar-refractivity contribution is 6.46. The van der Waals surface area contributed by atoms with E-state index in [1.807, 2.05) is 80.6 Å². The van der Waals surface area contributed by atoms with Gasteiger partial charge in [-0.3, -0.25) is 9.59 Å². The molecular weight excluding hydrogens is 424 g/mol. The number of ether oxygens (including phenoxy) is 1. The van der Waals surface area contributed by atoms with E-state index in [-0.39, 0.29) is 17.0 Å². The van der Waals surface area contributed by atoms with Crippen molar-refractivity contribution in [1.82, 2.24) is 0 Å². The predicted molar refractivity (Wildman–Crippen MR) is 137 cm³/mol. The maximum atomic E-state index is 13.7. The molecule has 0 atom stereocenters. The summed E-state index contributed by atoms with van der Waals surface area (Å²) in [7, 11) is 1.58. The molecule has 0 fully saturated rings. The molecule has 1 aliphatic heterocycles. The van der Waals surface area contributed by atoms with E-state index in [4.69, 9.17) is 4.74 Å². The fraction of sp³-hybridized carbons (Fsp3) is 0.241. The van der Waals surface area contributed by atoms with Gasteiger partial charge in [0.15, 0.2) is 0 Å². The molecule has 0 saturated heterocycles. The molecule has 4 rings (SSSR count). The Morgan fingerprint density at radius 1 is 0.794 bits per heavy atom. The molecule has 0 radical (unpaired) electrons. The van der Waals surface area contributed by atoms with Crippen LogP contribution in [0.4, 0.5) is 11.4 Å². The van der Waals surface area contributed by atoms with Gasteiger partial charge in [-0.15, -0.1) is 0 Å². The smallest absolute Gasteiger partial charge is 0.282 e. The van der Waals surface area contributed by atoms with Crippen molar-refractivity contribution in [2.24, 2.45) is 0 Å². The first-order valence-corrected chi connectivity index (χ1v) is 11.3. The van der Waals surface area contributed by atoms with Crippen LogP contribution < -0.4 is 15.0 Å². The van der Waals surface area contributed by atoms with Gasteiger partial charge in [0.05, 0.1) is 24.1 Å². The van der Waals surface area contributed by atoms with Crippen LogP contribution in [0.2, 0.25) is 0 Å². The lowest BCUT2D eigenvalue weighted by atomic mass is 9.87. The summed E-state index contributed by atoms with van der Waals surface area (Å²) in [4.78, 5) is 28.6. The molecule has 1 heterocycles. The fourth-order valence-electron chi connectivity index (χ4n) is 4.03. The molecular formula is C29H30N2O3. The van der Waals surface area contributed by atoms with Gasteiger partial charge < -0.3 is 10.1 Å². The third-order valence-electron chi connectivity index (χ3n) is 6.03. The van der Waals surface area contributed by atoms with Crippen LogP contribution in [-0.2, 0) is 15.0 Å². The van der Waals surface area contributed by atoms with Crippen LogP contribution in [-0.4, -0.2) is 18.9 Å². The third-order valence-corrected chi connectivity index (χ3v) is 6.03. The van der Waals surface area contributed by atoms with Gasteiger partial charge in [0.2, 0.25) is 0 Å². The number of hydrogen-bond donors (Lipinski definition) is 1. The molecule has 0 saturated carbocycles. The Labute approximate surface area is 201 Å². The second kappa shape index (κ2) is 8.82. The number of amides is 2. The van der Waals surface area contributed by atoms with Gasteiger partial charge in [0, 0.05) is 0 Å². The lowest BCUT2D eigenvalue weighted by Crippen LogP contribution is -2.32. The molecule has 0 unspecified atom stereocenters. The van der Waals surface area contributed by atoms with Crippen LogP contribution in [0, 0.1) is 13.8 Å². The number of anilines is 2. The van der Waals surface area contributed by atoms with Crippen LogP contribution >= 0.6 is 0 Å². The van der Waals surface area contributed by atoms with Crippen LogP contribution in [0.25, 0.3) is 5.57 Å². The SMILES string of the molecule is COc1ccc(C)cc1NC1=C(c2ccc(C)cc2)C(=O)N(c2ccc(C(C)(C)C)cc2)C1=O. The van der Waals surface area contributed by atoms with Gasteiger partial charge in [-0.05, 0) is 60.2 Å². The van der Waals surface area contributed by atoms with Gasteiger partial charge in [0.25, 0.3) is 11.8 Å². The molecule has 0 aliphatic carbocycles. The highest BCUT2D eigenvalue weighted by Crippen LogP contribution is 2.36. The summed E-state index contributed by atoms with van der Waals surface area (Å²) in [5.74, 6) is -0.159. The number of carbonyl (C=O) groups is 2. The molecule has 0 bridgehead atoms. The molecule has 2 amide bonds. The van der Waals surface area contributed by atoms with Crippen LogP contribution in [0.5, 0.6) is 5.75 Å². The summed E-state index contributed by atoms with van der Waals surface area (Å²) < 4.78 is 5.49. The average Bonchev–Trinajstić information content (AvgIpc) is 3.03. The minimum Gasteiger partial charge on any atom is -0.495 e. The summed E-state index contributed by atoms with van der Waals surface area (Å²) in [5, 5.41) is 3.22. The molecule has 5 heteroatoms. The molecule has 34 heavy (non-hydrogen) atoms. The van der Waals surface area contributed by atoms with Crippen LogP contribution in [0.1, 0.15) is 43.0 Å². The first-order chi connectivity index (χ1) is 16.1. The Bertz CT molecular complexity index is 1280.